The zero-order valence-corrected chi connectivity index (χ0v) is 14.7. The van der Waals surface area contributed by atoms with E-state index < -0.39 is 0 Å². The molecular formula is C17H18N2O4S. The van der Waals surface area contributed by atoms with Crippen LogP contribution in [0.3, 0.4) is 0 Å². The SMILES string of the molecule is COC(=O)C1=C(C)N=C2SC=CN2C1c1ccc(OC)c(OC)c1. The third-order valence-electron chi connectivity index (χ3n) is 3.95. The highest BCUT2D eigenvalue weighted by Gasteiger charge is 2.37. The van der Waals surface area contributed by atoms with E-state index in [1.54, 1.807) is 14.2 Å². The van der Waals surface area contributed by atoms with Crippen molar-refractivity contribution >= 4 is 22.9 Å². The van der Waals surface area contributed by atoms with E-state index in [4.69, 9.17) is 14.2 Å². The Morgan fingerprint density at radius 1 is 1.21 bits per heavy atom. The van der Waals surface area contributed by atoms with Gasteiger partial charge in [-0.1, -0.05) is 17.8 Å². The second-order valence-electron chi connectivity index (χ2n) is 5.21. The number of ether oxygens (including phenoxy) is 3. The van der Waals surface area contributed by atoms with Crippen molar-refractivity contribution < 1.29 is 19.0 Å². The van der Waals surface area contributed by atoms with Gasteiger partial charge in [0.1, 0.15) is 0 Å². The first-order valence-electron chi connectivity index (χ1n) is 7.32. The molecule has 2 aliphatic rings. The molecule has 3 rings (SSSR count). The summed E-state index contributed by atoms with van der Waals surface area (Å²) in [5.74, 6) is 0.856. The van der Waals surface area contributed by atoms with Crippen LogP contribution in [-0.4, -0.2) is 37.4 Å². The number of carbonyl (C=O) groups is 1. The summed E-state index contributed by atoms with van der Waals surface area (Å²) in [5, 5.41) is 2.78. The number of nitrogens with zero attached hydrogens (tertiary/aromatic N) is 2. The molecule has 2 aliphatic heterocycles. The number of hydrogen-bond donors (Lipinski definition) is 0. The second kappa shape index (κ2) is 6.60. The normalized spacial score (nSPS) is 19.1. The molecule has 0 saturated heterocycles. The molecule has 1 aromatic carbocycles. The number of allylic oxidation sites excluding steroid dienone is 1. The lowest BCUT2D eigenvalue weighted by Gasteiger charge is -2.33. The predicted octanol–water partition coefficient (Wildman–Crippen LogP) is 3.08. The Bertz CT molecular complexity index is 770. The van der Waals surface area contributed by atoms with E-state index in [1.807, 2.05) is 41.6 Å². The van der Waals surface area contributed by atoms with E-state index in [1.165, 1.54) is 18.9 Å². The molecule has 0 spiro atoms. The Hall–Kier alpha value is -2.41. The first kappa shape index (κ1) is 16.4. The molecule has 0 aliphatic carbocycles. The van der Waals surface area contributed by atoms with Gasteiger partial charge < -0.3 is 19.1 Å². The molecule has 0 fully saturated rings. The molecule has 0 bridgehead atoms. The maximum Gasteiger partial charge on any atom is 0.338 e. The molecular weight excluding hydrogens is 328 g/mol. The number of fused-ring (bicyclic) bond motifs is 1. The number of amidine groups is 1. The van der Waals surface area contributed by atoms with Crippen molar-refractivity contribution in [2.45, 2.75) is 13.0 Å². The van der Waals surface area contributed by atoms with Crippen LogP contribution in [0.25, 0.3) is 0 Å². The molecule has 0 saturated carbocycles. The Balaban J connectivity index is 2.14. The van der Waals surface area contributed by atoms with Gasteiger partial charge in [-0.15, -0.1) is 0 Å². The fourth-order valence-corrected chi connectivity index (χ4v) is 3.61. The number of aliphatic imine (C=N–C) groups is 1. The number of methoxy groups -OCH3 is 3. The van der Waals surface area contributed by atoms with Crippen LogP contribution in [0.15, 0.2) is 46.1 Å². The minimum atomic E-state index is -0.389. The van der Waals surface area contributed by atoms with Gasteiger partial charge in [-0.05, 0) is 30.0 Å². The molecule has 0 N–H and O–H groups in total. The van der Waals surface area contributed by atoms with Crippen LogP contribution < -0.4 is 9.47 Å². The summed E-state index contributed by atoms with van der Waals surface area (Å²) >= 11 is 1.52. The monoisotopic (exact) mass is 346 g/mol. The fraction of sp³-hybridized carbons (Fsp3) is 0.294. The zero-order chi connectivity index (χ0) is 17.3. The maximum absolute atomic E-state index is 12.4. The summed E-state index contributed by atoms with van der Waals surface area (Å²) in [5.41, 5.74) is 2.07. The summed E-state index contributed by atoms with van der Waals surface area (Å²) < 4.78 is 15.7. The van der Waals surface area contributed by atoms with E-state index in [0.29, 0.717) is 22.8 Å². The third-order valence-corrected chi connectivity index (χ3v) is 4.72. The minimum Gasteiger partial charge on any atom is -0.493 e. The fourth-order valence-electron chi connectivity index (χ4n) is 2.82. The Morgan fingerprint density at radius 3 is 2.62 bits per heavy atom. The van der Waals surface area contributed by atoms with Crippen molar-refractivity contribution in [1.29, 1.82) is 0 Å². The number of thioether (sulfide) groups is 1. The lowest BCUT2D eigenvalue weighted by Crippen LogP contribution is -2.33. The summed E-state index contributed by atoms with van der Waals surface area (Å²) in [4.78, 5) is 18.8. The Labute approximate surface area is 144 Å². The summed E-state index contributed by atoms with van der Waals surface area (Å²) in [7, 11) is 4.55. The number of carbonyl (C=O) groups excluding carboxylic acids is 1. The van der Waals surface area contributed by atoms with E-state index in [-0.39, 0.29) is 12.0 Å². The largest absolute Gasteiger partial charge is 0.493 e. The molecule has 24 heavy (non-hydrogen) atoms. The van der Waals surface area contributed by atoms with Crippen LogP contribution >= 0.6 is 11.8 Å². The summed E-state index contributed by atoms with van der Waals surface area (Å²) in [6.07, 6.45) is 1.92. The van der Waals surface area contributed by atoms with E-state index in [0.717, 1.165) is 10.7 Å². The molecule has 7 heteroatoms. The van der Waals surface area contributed by atoms with Crippen LogP contribution in [0.5, 0.6) is 11.5 Å². The zero-order valence-electron chi connectivity index (χ0n) is 13.9. The van der Waals surface area contributed by atoms with Gasteiger partial charge in [-0.25, -0.2) is 9.79 Å². The third kappa shape index (κ3) is 2.65. The van der Waals surface area contributed by atoms with E-state index in [9.17, 15) is 4.79 Å². The van der Waals surface area contributed by atoms with E-state index in [2.05, 4.69) is 4.99 Å². The summed E-state index contributed by atoms with van der Waals surface area (Å²) in [6, 6.07) is 5.30. The smallest absolute Gasteiger partial charge is 0.338 e. The van der Waals surface area contributed by atoms with Crippen LogP contribution in [0.4, 0.5) is 0 Å². The van der Waals surface area contributed by atoms with Crippen molar-refractivity contribution in [3.63, 3.8) is 0 Å². The predicted molar refractivity (Wildman–Crippen MR) is 93.0 cm³/mol. The Kier molecular flexibility index (Phi) is 4.53. The molecule has 0 aromatic heterocycles. The molecule has 1 aromatic rings. The minimum absolute atomic E-state index is 0.323. The molecule has 6 nitrogen and oxygen atoms in total. The van der Waals surface area contributed by atoms with Gasteiger partial charge in [0.25, 0.3) is 0 Å². The van der Waals surface area contributed by atoms with Crippen LogP contribution in [0.2, 0.25) is 0 Å². The number of hydrogen-bond acceptors (Lipinski definition) is 7. The first-order chi connectivity index (χ1) is 11.6. The van der Waals surface area contributed by atoms with Crippen molar-refractivity contribution in [3.05, 3.63) is 46.6 Å². The molecule has 1 unspecified atom stereocenters. The van der Waals surface area contributed by atoms with Crippen LogP contribution in [0, 0.1) is 0 Å². The number of benzene rings is 1. The lowest BCUT2D eigenvalue weighted by atomic mass is 9.94. The molecule has 2 heterocycles. The summed E-state index contributed by atoms with van der Waals surface area (Å²) in [6.45, 7) is 1.82. The van der Waals surface area contributed by atoms with Gasteiger partial charge in [-0.3, -0.25) is 0 Å². The number of esters is 1. The van der Waals surface area contributed by atoms with Crippen molar-refractivity contribution in [3.8, 4) is 11.5 Å². The quantitative estimate of drug-likeness (QED) is 0.781. The highest BCUT2D eigenvalue weighted by molar-refractivity contribution is 8.16. The highest BCUT2D eigenvalue weighted by Crippen LogP contribution is 2.42. The van der Waals surface area contributed by atoms with E-state index >= 15 is 0 Å². The van der Waals surface area contributed by atoms with Crippen molar-refractivity contribution in [2.75, 3.05) is 21.3 Å². The standard InChI is InChI=1S/C17H18N2O4S/c1-10-14(16(20)23-4)15(19-7-8-24-17(19)18-10)11-5-6-12(21-2)13(9-11)22-3/h5-9,15H,1-4H3. The maximum atomic E-state index is 12.4. The molecule has 126 valence electrons. The van der Waals surface area contributed by atoms with Crippen molar-refractivity contribution in [1.82, 2.24) is 4.90 Å². The topological polar surface area (TPSA) is 60.4 Å². The van der Waals surface area contributed by atoms with Gasteiger partial charge in [0.2, 0.25) is 0 Å². The van der Waals surface area contributed by atoms with Crippen LogP contribution in [0.1, 0.15) is 18.5 Å². The van der Waals surface area contributed by atoms with Gasteiger partial charge in [0.05, 0.1) is 38.6 Å². The second-order valence-corrected chi connectivity index (χ2v) is 6.09. The van der Waals surface area contributed by atoms with Gasteiger partial charge in [-0.2, -0.15) is 0 Å². The average Bonchev–Trinajstić information content (AvgIpc) is 3.07. The Morgan fingerprint density at radius 2 is 1.96 bits per heavy atom. The molecule has 1 atom stereocenters. The first-order valence-corrected chi connectivity index (χ1v) is 8.20. The average molecular weight is 346 g/mol. The van der Waals surface area contributed by atoms with Crippen LogP contribution in [-0.2, 0) is 9.53 Å². The molecule has 0 radical (unpaired) electrons. The van der Waals surface area contributed by atoms with Gasteiger partial charge in [0, 0.05) is 6.20 Å². The number of rotatable bonds is 4. The van der Waals surface area contributed by atoms with Gasteiger partial charge in [0.15, 0.2) is 16.7 Å². The highest BCUT2D eigenvalue weighted by atomic mass is 32.2. The van der Waals surface area contributed by atoms with Gasteiger partial charge >= 0.3 is 5.97 Å². The lowest BCUT2D eigenvalue weighted by molar-refractivity contribution is -0.136. The molecule has 0 amide bonds. The van der Waals surface area contributed by atoms with Crippen molar-refractivity contribution in [2.24, 2.45) is 4.99 Å².